The molecule has 0 spiro atoms. The highest BCUT2D eigenvalue weighted by molar-refractivity contribution is 7.17. The van der Waals surface area contributed by atoms with Crippen molar-refractivity contribution in [3.05, 3.63) is 35.2 Å². The van der Waals surface area contributed by atoms with E-state index < -0.39 is 12.0 Å². The zero-order chi connectivity index (χ0) is 16.4. The van der Waals surface area contributed by atoms with Gasteiger partial charge in [0.1, 0.15) is 6.04 Å². The zero-order valence-electron chi connectivity index (χ0n) is 13.2. The molecular weight excluding hydrogens is 310 g/mol. The molecule has 1 amide bonds. The number of rotatable bonds is 7. The van der Waals surface area contributed by atoms with E-state index in [1.54, 1.807) is 23.2 Å². The van der Waals surface area contributed by atoms with Crippen LogP contribution in [0.1, 0.15) is 38.2 Å². The number of carbonyl (C=O) groups excluding carboxylic acids is 1. The van der Waals surface area contributed by atoms with E-state index in [9.17, 15) is 14.7 Å². The number of thiophene rings is 1. The average molecular weight is 331 g/mol. The normalized spacial score (nSPS) is 15.5. The molecule has 1 heterocycles. The molecule has 0 saturated heterocycles. The maximum atomic E-state index is 12.4. The zero-order valence-corrected chi connectivity index (χ0v) is 14.0. The van der Waals surface area contributed by atoms with Crippen LogP contribution in [0.15, 0.2) is 29.6 Å². The maximum Gasteiger partial charge on any atom is 0.326 e. The van der Waals surface area contributed by atoms with Gasteiger partial charge >= 0.3 is 5.97 Å². The van der Waals surface area contributed by atoms with Crippen molar-refractivity contribution in [3.63, 3.8) is 0 Å². The highest BCUT2D eigenvalue weighted by atomic mass is 32.1. The van der Waals surface area contributed by atoms with Crippen LogP contribution in [-0.2, 0) is 16.0 Å². The largest absolute Gasteiger partial charge is 0.480 e. The van der Waals surface area contributed by atoms with Gasteiger partial charge in [-0.3, -0.25) is 4.79 Å². The first-order valence-electron chi connectivity index (χ1n) is 8.07. The Morgan fingerprint density at radius 3 is 2.78 bits per heavy atom. The second kappa shape index (κ2) is 6.71. The Hall–Kier alpha value is -1.88. The summed E-state index contributed by atoms with van der Waals surface area (Å²) in [5, 5.41) is 12.6. The standard InChI is InChI=1S/C18H21NO3S/c1-12(18(21)22)19(14-9-10-14)17(20)8-4-5-13-11-23-16-7-3-2-6-15(13)16/h2-3,6-7,11-12,14H,4-5,8-10H2,1H3,(H,21,22). The van der Waals surface area contributed by atoms with E-state index in [1.807, 2.05) is 12.1 Å². The molecule has 5 heteroatoms. The van der Waals surface area contributed by atoms with Crippen LogP contribution in [0.3, 0.4) is 0 Å². The number of carboxylic acid groups (broad SMARTS) is 1. The summed E-state index contributed by atoms with van der Waals surface area (Å²) in [6.45, 7) is 1.60. The number of hydrogen-bond acceptors (Lipinski definition) is 3. The summed E-state index contributed by atoms with van der Waals surface area (Å²) in [5.74, 6) is -0.948. The quantitative estimate of drug-likeness (QED) is 0.842. The van der Waals surface area contributed by atoms with Gasteiger partial charge in [0.25, 0.3) is 0 Å². The summed E-state index contributed by atoms with van der Waals surface area (Å²) in [6.07, 6.45) is 3.89. The number of aliphatic carboxylic acids is 1. The fourth-order valence-electron chi connectivity index (χ4n) is 2.99. The van der Waals surface area contributed by atoms with Gasteiger partial charge in [0.2, 0.25) is 5.91 Å². The summed E-state index contributed by atoms with van der Waals surface area (Å²) in [4.78, 5) is 25.2. The molecule has 1 aromatic carbocycles. The van der Waals surface area contributed by atoms with Crippen LogP contribution in [0.5, 0.6) is 0 Å². The molecule has 23 heavy (non-hydrogen) atoms. The monoisotopic (exact) mass is 331 g/mol. The van der Waals surface area contributed by atoms with Crippen molar-refractivity contribution in [1.82, 2.24) is 4.90 Å². The van der Waals surface area contributed by atoms with Gasteiger partial charge in [-0.05, 0) is 55.0 Å². The Labute approximate surface area is 139 Å². The van der Waals surface area contributed by atoms with Crippen LogP contribution >= 0.6 is 11.3 Å². The first-order valence-corrected chi connectivity index (χ1v) is 8.95. The van der Waals surface area contributed by atoms with Crippen LogP contribution < -0.4 is 0 Å². The molecule has 1 aliphatic carbocycles. The molecule has 4 nitrogen and oxygen atoms in total. The molecule has 122 valence electrons. The van der Waals surface area contributed by atoms with Crippen molar-refractivity contribution in [2.75, 3.05) is 0 Å². The minimum Gasteiger partial charge on any atom is -0.480 e. The van der Waals surface area contributed by atoms with Crippen LogP contribution in [0, 0.1) is 0 Å². The number of fused-ring (bicyclic) bond motifs is 1. The smallest absolute Gasteiger partial charge is 0.326 e. The second-order valence-electron chi connectivity index (χ2n) is 6.16. The Bertz CT molecular complexity index is 720. The van der Waals surface area contributed by atoms with E-state index in [2.05, 4.69) is 17.5 Å². The molecule has 0 aliphatic heterocycles. The predicted molar refractivity (Wildman–Crippen MR) is 91.7 cm³/mol. The van der Waals surface area contributed by atoms with Gasteiger partial charge in [-0.2, -0.15) is 0 Å². The second-order valence-corrected chi connectivity index (χ2v) is 7.07. The SMILES string of the molecule is CC(C(=O)O)N(C(=O)CCCc1csc2ccccc12)C1CC1. The number of amides is 1. The highest BCUT2D eigenvalue weighted by Crippen LogP contribution is 2.30. The van der Waals surface area contributed by atoms with Gasteiger partial charge in [-0.15, -0.1) is 11.3 Å². The van der Waals surface area contributed by atoms with E-state index in [4.69, 9.17) is 0 Å². The van der Waals surface area contributed by atoms with E-state index >= 15 is 0 Å². The number of hydrogen-bond donors (Lipinski definition) is 1. The van der Waals surface area contributed by atoms with Gasteiger partial charge in [0.15, 0.2) is 0 Å². The Kier molecular flexibility index (Phi) is 4.66. The minimum absolute atomic E-state index is 0.0260. The summed E-state index contributed by atoms with van der Waals surface area (Å²) in [5.41, 5.74) is 1.28. The van der Waals surface area contributed by atoms with Crippen molar-refractivity contribution in [2.45, 2.75) is 51.1 Å². The van der Waals surface area contributed by atoms with Gasteiger partial charge < -0.3 is 10.0 Å². The maximum absolute atomic E-state index is 12.4. The van der Waals surface area contributed by atoms with Crippen molar-refractivity contribution in [3.8, 4) is 0 Å². The molecule has 0 radical (unpaired) electrons. The minimum atomic E-state index is -0.922. The number of nitrogens with zero attached hydrogens (tertiary/aromatic N) is 1. The molecule has 1 fully saturated rings. The summed E-state index contributed by atoms with van der Waals surface area (Å²) in [6, 6.07) is 7.71. The molecule has 0 bridgehead atoms. The van der Waals surface area contributed by atoms with Crippen molar-refractivity contribution in [2.24, 2.45) is 0 Å². The van der Waals surface area contributed by atoms with Gasteiger partial charge in [-0.25, -0.2) is 4.79 Å². The predicted octanol–water partition coefficient (Wildman–Crippen LogP) is 3.69. The molecule has 3 rings (SSSR count). The van der Waals surface area contributed by atoms with Gasteiger partial charge in [-0.1, -0.05) is 18.2 Å². The van der Waals surface area contributed by atoms with Gasteiger partial charge in [0, 0.05) is 17.2 Å². The molecule has 2 aromatic rings. The Morgan fingerprint density at radius 1 is 1.35 bits per heavy atom. The van der Waals surface area contributed by atoms with Crippen LogP contribution in [0.25, 0.3) is 10.1 Å². The lowest BCUT2D eigenvalue weighted by Crippen LogP contribution is -2.44. The van der Waals surface area contributed by atoms with Crippen molar-refractivity contribution < 1.29 is 14.7 Å². The lowest BCUT2D eigenvalue weighted by molar-refractivity contribution is -0.150. The van der Waals surface area contributed by atoms with E-state index in [1.165, 1.54) is 15.6 Å². The highest BCUT2D eigenvalue weighted by Gasteiger charge is 2.37. The molecule has 1 aromatic heterocycles. The number of aryl methyl sites for hydroxylation is 1. The van der Waals surface area contributed by atoms with E-state index in [0.29, 0.717) is 6.42 Å². The van der Waals surface area contributed by atoms with Crippen LogP contribution in [0.2, 0.25) is 0 Å². The molecule has 1 N–H and O–H groups in total. The topological polar surface area (TPSA) is 57.6 Å². The van der Waals surface area contributed by atoms with E-state index in [0.717, 1.165) is 25.7 Å². The van der Waals surface area contributed by atoms with E-state index in [-0.39, 0.29) is 11.9 Å². The first kappa shape index (κ1) is 16.0. The third kappa shape index (κ3) is 3.55. The number of carbonyl (C=O) groups is 2. The molecule has 1 aliphatic rings. The van der Waals surface area contributed by atoms with Crippen molar-refractivity contribution >= 4 is 33.3 Å². The number of carboxylic acids is 1. The molecule has 1 atom stereocenters. The van der Waals surface area contributed by atoms with Gasteiger partial charge in [0.05, 0.1) is 0 Å². The average Bonchev–Trinajstić information content (AvgIpc) is 3.28. The van der Waals surface area contributed by atoms with Crippen molar-refractivity contribution in [1.29, 1.82) is 0 Å². The molecular formula is C18H21NO3S. The third-order valence-corrected chi connectivity index (χ3v) is 5.41. The molecule has 1 saturated carbocycles. The van der Waals surface area contributed by atoms with Crippen LogP contribution in [0.4, 0.5) is 0 Å². The number of benzene rings is 1. The fourth-order valence-corrected chi connectivity index (χ4v) is 3.99. The third-order valence-electron chi connectivity index (χ3n) is 4.40. The molecule has 1 unspecified atom stereocenters. The lowest BCUT2D eigenvalue weighted by atomic mass is 10.1. The Morgan fingerprint density at radius 2 is 2.09 bits per heavy atom. The summed E-state index contributed by atoms with van der Waals surface area (Å²) in [7, 11) is 0. The fraction of sp³-hybridized carbons (Fsp3) is 0.444. The Balaban J connectivity index is 1.59. The summed E-state index contributed by atoms with van der Waals surface area (Å²) < 4.78 is 1.27. The lowest BCUT2D eigenvalue weighted by Gasteiger charge is -2.26. The first-order chi connectivity index (χ1) is 11.1. The summed E-state index contributed by atoms with van der Waals surface area (Å²) >= 11 is 1.73. The van der Waals surface area contributed by atoms with Crippen LogP contribution in [-0.4, -0.2) is 34.0 Å².